The number of rotatable bonds is 9. The van der Waals surface area contributed by atoms with Gasteiger partial charge in [0.25, 0.3) is 0 Å². The maximum Gasteiger partial charge on any atom is 0.426 e. The van der Waals surface area contributed by atoms with Gasteiger partial charge in [0.05, 0.1) is 5.56 Å². The molecule has 0 bridgehead atoms. The van der Waals surface area contributed by atoms with Crippen LogP contribution < -0.4 is 4.74 Å². The van der Waals surface area contributed by atoms with Gasteiger partial charge in [-0.25, -0.2) is 13.2 Å². The monoisotopic (exact) mass is 440 g/mol. The fraction of sp³-hybridized carbons (Fsp3) is 0.520. The Labute approximate surface area is 180 Å². The number of hydrogen-bond donors (Lipinski definition) is 0. The second-order valence-corrected chi connectivity index (χ2v) is 8.51. The summed E-state index contributed by atoms with van der Waals surface area (Å²) in [4.78, 5) is 0. The summed E-state index contributed by atoms with van der Waals surface area (Å²) in [7, 11) is 0. The molecule has 3 rings (SSSR count). The Hall–Kier alpha value is -2.11. The van der Waals surface area contributed by atoms with Crippen molar-refractivity contribution in [2.45, 2.75) is 76.7 Å². The first-order chi connectivity index (χ1) is 14.8. The molecule has 0 heterocycles. The normalized spacial score (nSPS) is 19.4. The summed E-state index contributed by atoms with van der Waals surface area (Å²) in [6.45, 7) is 2.21. The van der Waals surface area contributed by atoms with Crippen molar-refractivity contribution < 1.29 is 26.7 Å². The lowest BCUT2D eigenvalue weighted by molar-refractivity contribution is -0.185. The zero-order chi connectivity index (χ0) is 22.4. The van der Waals surface area contributed by atoms with Gasteiger partial charge in [-0.05, 0) is 55.2 Å². The van der Waals surface area contributed by atoms with Crippen molar-refractivity contribution >= 4 is 0 Å². The van der Waals surface area contributed by atoms with Gasteiger partial charge in [0, 0.05) is 12.1 Å². The predicted molar refractivity (Wildman–Crippen MR) is 111 cm³/mol. The van der Waals surface area contributed by atoms with Crippen LogP contribution in [0.5, 0.6) is 5.75 Å². The molecular weight excluding hydrogens is 411 g/mol. The van der Waals surface area contributed by atoms with Crippen LogP contribution in [0.15, 0.2) is 36.4 Å². The molecule has 0 aliphatic heterocycles. The summed E-state index contributed by atoms with van der Waals surface area (Å²) in [6, 6.07) is 6.71. The average molecular weight is 440 g/mol. The van der Waals surface area contributed by atoms with Gasteiger partial charge in [0.15, 0.2) is 17.5 Å². The topological polar surface area (TPSA) is 9.23 Å². The van der Waals surface area contributed by atoms with Crippen LogP contribution >= 0.6 is 0 Å². The Morgan fingerprint density at radius 1 is 0.871 bits per heavy atom. The summed E-state index contributed by atoms with van der Waals surface area (Å²) in [5, 5.41) is 0. The van der Waals surface area contributed by atoms with Gasteiger partial charge in [-0.15, -0.1) is 0 Å². The van der Waals surface area contributed by atoms with Crippen LogP contribution in [-0.4, -0.2) is 0 Å². The molecule has 0 spiro atoms. The molecule has 0 aromatic heterocycles. The number of unbranched alkanes of at least 4 members (excludes halogenated alkanes) is 3. The molecule has 6 heteroatoms. The minimum absolute atomic E-state index is 0.357. The highest BCUT2D eigenvalue weighted by Gasteiger charge is 2.35. The van der Waals surface area contributed by atoms with Crippen LogP contribution in [0.3, 0.4) is 0 Å². The molecule has 31 heavy (non-hydrogen) atoms. The van der Waals surface area contributed by atoms with Crippen molar-refractivity contribution in [3.05, 3.63) is 65.0 Å². The van der Waals surface area contributed by atoms with E-state index in [2.05, 4.69) is 11.7 Å². The molecule has 0 atom stereocenters. The molecule has 170 valence electrons. The van der Waals surface area contributed by atoms with E-state index >= 15 is 0 Å². The third-order valence-electron chi connectivity index (χ3n) is 6.23. The molecule has 2 aromatic rings. The molecule has 0 saturated heterocycles. The number of hydrogen-bond acceptors (Lipinski definition) is 1. The summed E-state index contributed by atoms with van der Waals surface area (Å²) in [6.07, 6.45) is 7.04. The second kappa shape index (κ2) is 10.5. The molecule has 1 fully saturated rings. The van der Waals surface area contributed by atoms with Crippen LogP contribution in [0.2, 0.25) is 0 Å². The van der Waals surface area contributed by atoms with Gasteiger partial charge < -0.3 is 4.74 Å². The van der Waals surface area contributed by atoms with E-state index in [0.717, 1.165) is 24.3 Å². The van der Waals surface area contributed by atoms with Crippen molar-refractivity contribution in [3.63, 3.8) is 0 Å². The average Bonchev–Trinajstić information content (AvgIpc) is 2.75. The lowest BCUT2D eigenvalue weighted by Gasteiger charge is -2.29. The predicted octanol–water partition coefficient (Wildman–Crippen LogP) is 8.48. The van der Waals surface area contributed by atoms with E-state index in [1.54, 1.807) is 12.1 Å². The number of ether oxygens (including phenoxy) is 1. The molecule has 2 aromatic carbocycles. The SMILES string of the molecule is CCCCCCC1CCC(c2ccc(C(F)(F)Oc3cc(F)c(F)c(F)c3)cc2)CC1. The third-order valence-corrected chi connectivity index (χ3v) is 6.23. The van der Waals surface area contributed by atoms with Crippen molar-refractivity contribution in [2.24, 2.45) is 5.92 Å². The summed E-state index contributed by atoms with van der Waals surface area (Å²) >= 11 is 0. The maximum atomic E-state index is 14.4. The summed E-state index contributed by atoms with van der Waals surface area (Å²) in [5.41, 5.74) is 0.592. The van der Waals surface area contributed by atoms with Gasteiger partial charge in [0.1, 0.15) is 5.75 Å². The van der Waals surface area contributed by atoms with Gasteiger partial charge in [0.2, 0.25) is 0 Å². The van der Waals surface area contributed by atoms with Crippen molar-refractivity contribution in [1.29, 1.82) is 0 Å². The summed E-state index contributed by atoms with van der Waals surface area (Å²) < 4.78 is 72.9. The van der Waals surface area contributed by atoms with E-state index in [1.807, 2.05) is 0 Å². The Morgan fingerprint density at radius 3 is 2.06 bits per heavy atom. The van der Waals surface area contributed by atoms with E-state index < -0.39 is 34.9 Å². The standard InChI is InChI=1S/C25H29F5O/c1-2-3-4-5-6-17-7-9-18(10-8-17)19-11-13-20(14-12-19)25(29,30)31-21-15-22(26)24(28)23(27)16-21/h11-18H,2-10H2,1H3. The quantitative estimate of drug-likeness (QED) is 0.216. The van der Waals surface area contributed by atoms with Crippen molar-refractivity contribution in [2.75, 3.05) is 0 Å². The highest BCUT2D eigenvalue weighted by molar-refractivity contribution is 5.30. The van der Waals surface area contributed by atoms with Gasteiger partial charge in [-0.2, -0.15) is 8.78 Å². The maximum absolute atomic E-state index is 14.4. The van der Waals surface area contributed by atoms with Crippen LogP contribution in [-0.2, 0) is 6.11 Å². The van der Waals surface area contributed by atoms with Crippen molar-refractivity contribution in [3.8, 4) is 5.75 Å². The molecule has 0 unspecified atom stereocenters. The molecule has 1 aliphatic rings. The minimum atomic E-state index is -3.80. The zero-order valence-corrected chi connectivity index (χ0v) is 17.8. The first kappa shape index (κ1) is 23.6. The molecule has 0 radical (unpaired) electrons. The molecule has 1 nitrogen and oxygen atoms in total. The molecule has 0 N–H and O–H groups in total. The second-order valence-electron chi connectivity index (χ2n) is 8.51. The van der Waals surface area contributed by atoms with Gasteiger partial charge >= 0.3 is 6.11 Å². The fourth-order valence-electron chi connectivity index (χ4n) is 4.39. The van der Waals surface area contributed by atoms with Crippen LogP contribution in [0.25, 0.3) is 0 Å². The third kappa shape index (κ3) is 6.20. The lowest BCUT2D eigenvalue weighted by atomic mass is 9.77. The first-order valence-electron chi connectivity index (χ1n) is 11.1. The van der Waals surface area contributed by atoms with Crippen molar-refractivity contribution in [1.82, 2.24) is 0 Å². The van der Waals surface area contributed by atoms with E-state index in [1.165, 1.54) is 57.1 Å². The summed E-state index contributed by atoms with van der Waals surface area (Å²) in [5.74, 6) is -4.54. The molecular formula is C25H29F5O. The molecule has 0 amide bonds. The van der Waals surface area contributed by atoms with E-state index in [-0.39, 0.29) is 0 Å². The molecule has 1 aliphatic carbocycles. The largest absolute Gasteiger partial charge is 0.429 e. The Kier molecular flexibility index (Phi) is 7.95. The fourth-order valence-corrected chi connectivity index (χ4v) is 4.39. The highest BCUT2D eigenvalue weighted by atomic mass is 19.3. The minimum Gasteiger partial charge on any atom is -0.429 e. The zero-order valence-electron chi connectivity index (χ0n) is 17.8. The lowest BCUT2D eigenvalue weighted by Crippen LogP contribution is -2.22. The molecule has 1 saturated carbocycles. The highest BCUT2D eigenvalue weighted by Crippen LogP contribution is 2.39. The van der Waals surface area contributed by atoms with Crippen LogP contribution in [0, 0.1) is 23.4 Å². The Balaban J connectivity index is 1.57. The number of benzene rings is 2. The smallest absolute Gasteiger partial charge is 0.426 e. The van der Waals surface area contributed by atoms with Gasteiger partial charge in [-0.1, -0.05) is 51.2 Å². The van der Waals surface area contributed by atoms with E-state index in [4.69, 9.17) is 0 Å². The number of halogens is 5. The number of alkyl halides is 2. The Bertz CT molecular complexity index is 818. The van der Waals surface area contributed by atoms with E-state index in [9.17, 15) is 22.0 Å². The Morgan fingerprint density at radius 2 is 1.48 bits per heavy atom. The van der Waals surface area contributed by atoms with Crippen LogP contribution in [0.1, 0.15) is 81.8 Å². The first-order valence-corrected chi connectivity index (χ1v) is 11.1. The van der Waals surface area contributed by atoms with Crippen LogP contribution in [0.4, 0.5) is 22.0 Å². The van der Waals surface area contributed by atoms with Gasteiger partial charge in [-0.3, -0.25) is 0 Å². The van der Waals surface area contributed by atoms with E-state index in [0.29, 0.717) is 18.1 Å².